The molecule has 0 unspecified atom stereocenters. The molecule has 3 aromatic heterocycles. The molecule has 0 saturated heterocycles. The molecule has 0 amide bonds. The van der Waals surface area contributed by atoms with Crippen LogP contribution in [0.4, 0.5) is 0 Å². The molecule has 1 radical (unpaired) electrons. The van der Waals surface area contributed by atoms with E-state index < -0.39 is 0 Å². The van der Waals surface area contributed by atoms with Crippen molar-refractivity contribution in [2.24, 2.45) is 16.7 Å². The average Bonchev–Trinajstić information content (AvgIpc) is 3.70. The predicted octanol–water partition coefficient (Wildman–Crippen LogP) is 14.6. The molecule has 301 valence electrons. The zero-order valence-electron chi connectivity index (χ0n) is 35.9. The summed E-state index contributed by atoms with van der Waals surface area (Å²) in [6.45, 7) is 27.4. The minimum absolute atomic E-state index is 0. The normalized spacial score (nSPS) is 12.6. The Morgan fingerprint density at radius 3 is 2.12 bits per heavy atom. The van der Waals surface area contributed by atoms with Crippen LogP contribution in [0.3, 0.4) is 0 Å². The number of carbonyl (C=O) groups is 1. The number of allylic oxidation sites excluding steroid dienone is 2. The van der Waals surface area contributed by atoms with Crippen LogP contribution >= 0.6 is 0 Å². The van der Waals surface area contributed by atoms with Crippen molar-refractivity contribution in [1.82, 2.24) is 4.98 Å². The van der Waals surface area contributed by atoms with Gasteiger partial charge in [0.05, 0.1) is 6.26 Å². The van der Waals surface area contributed by atoms with Crippen LogP contribution in [0.5, 0.6) is 0 Å². The van der Waals surface area contributed by atoms with Crippen molar-refractivity contribution < 1.29 is 38.8 Å². The molecule has 6 rings (SSSR count). The van der Waals surface area contributed by atoms with Gasteiger partial charge in [-0.25, -0.2) is 0 Å². The molecule has 6 aromatic rings. The molecule has 0 fully saturated rings. The summed E-state index contributed by atoms with van der Waals surface area (Å²) < 4.78 is 12.2. The summed E-state index contributed by atoms with van der Waals surface area (Å²) in [6.07, 6.45) is 7.67. The maximum atomic E-state index is 12.2. The summed E-state index contributed by atoms with van der Waals surface area (Å²) in [5.41, 5.74) is 8.64. The number of benzene rings is 3. The van der Waals surface area contributed by atoms with E-state index in [0.717, 1.165) is 82.2 Å². The fourth-order valence-electron chi connectivity index (χ4n) is 7.24. The van der Waals surface area contributed by atoms with Crippen molar-refractivity contribution in [1.29, 1.82) is 0 Å². The van der Waals surface area contributed by atoms with Gasteiger partial charge in [-0.1, -0.05) is 124 Å². The summed E-state index contributed by atoms with van der Waals surface area (Å²) in [4.78, 5) is 17.2. The smallest absolute Gasteiger partial charge is 0.220 e. The van der Waals surface area contributed by atoms with Crippen molar-refractivity contribution in [3.8, 4) is 22.4 Å². The third-order valence-corrected chi connectivity index (χ3v) is 12.2. The average molecular weight is 933 g/mol. The Morgan fingerprint density at radius 1 is 0.875 bits per heavy atom. The fraction of sp³-hybridized carbons (Fsp3) is 0.440. The molecule has 3 heterocycles. The topological polar surface area (TPSA) is 76.5 Å². The van der Waals surface area contributed by atoms with Gasteiger partial charge in [-0.05, 0) is 80.0 Å². The maximum absolute atomic E-state index is 12.2. The molecule has 0 saturated carbocycles. The summed E-state index contributed by atoms with van der Waals surface area (Å²) in [7, 11) is 0. The van der Waals surface area contributed by atoms with Gasteiger partial charge in [0.1, 0.15) is 17.1 Å². The molecular formula is C50H62IrNO4-. The number of pyridine rings is 1. The first kappa shape index (κ1) is 44.7. The first-order valence-corrected chi connectivity index (χ1v) is 20.2. The van der Waals surface area contributed by atoms with E-state index in [-0.39, 0.29) is 47.9 Å². The summed E-state index contributed by atoms with van der Waals surface area (Å²) in [6, 6.07) is 23.1. The SMILES string of the molecule is CCC(C)(CC)C(=O)/C=C(\O)C(C)(CC)CC.Cc1oc2nc(-c3[c-]c4ccccc4c(C(C)(C)C)c3)cc(-c3ccc4c(CC(C)C)coc4c3)c2c1C.[Ir]. The first-order valence-electron chi connectivity index (χ1n) is 20.2. The Morgan fingerprint density at radius 2 is 1.52 bits per heavy atom. The quantitative estimate of drug-likeness (QED) is 0.0796. The van der Waals surface area contributed by atoms with E-state index >= 15 is 0 Å². The summed E-state index contributed by atoms with van der Waals surface area (Å²) in [5.74, 6) is 1.75. The number of furan rings is 2. The van der Waals surface area contributed by atoms with E-state index in [2.05, 4.69) is 102 Å². The number of fused-ring (bicyclic) bond motifs is 3. The van der Waals surface area contributed by atoms with Crippen LogP contribution in [0.25, 0.3) is 55.2 Å². The van der Waals surface area contributed by atoms with Gasteiger partial charge in [0, 0.05) is 59.0 Å². The van der Waals surface area contributed by atoms with Crippen LogP contribution in [0.2, 0.25) is 0 Å². The number of nitrogens with zero attached hydrogens (tertiary/aromatic N) is 1. The van der Waals surface area contributed by atoms with Crippen LogP contribution in [0.15, 0.2) is 81.5 Å². The van der Waals surface area contributed by atoms with E-state index in [9.17, 15) is 9.90 Å². The Labute approximate surface area is 348 Å². The van der Waals surface area contributed by atoms with E-state index in [1.807, 2.05) is 54.7 Å². The molecular weight excluding hydrogens is 871 g/mol. The molecule has 3 aromatic carbocycles. The molecule has 1 N–H and O–H groups in total. The number of hydrogen-bond donors (Lipinski definition) is 1. The summed E-state index contributed by atoms with van der Waals surface area (Å²) in [5, 5.41) is 14.7. The van der Waals surface area contributed by atoms with E-state index in [1.165, 1.54) is 28.0 Å². The van der Waals surface area contributed by atoms with Crippen LogP contribution in [-0.2, 0) is 36.7 Å². The van der Waals surface area contributed by atoms with Crippen LogP contribution in [0, 0.1) is 36.7 Å². The third-order valence-electron chi connectivity index (χ3n) is 12.2. The van der Waals surface area contributed by atoms with E-state index in [0.29, 0.717) is 11.6 Å². The zero-order chi connectivity index (χ0) is 40.5. The number of aryl methyl sites for hydroxylation is 2. The zero-order valence-corrected chi connectivity index (χ0v) is 38.3. The predicted molar refractivity (Wildman–Crippen MR) is 231 cm³/mol. The molecule has 0 spiro atoms. The third kappa shape index (κ3) is 9.08. The second-order valence-corrected chi connectivity index (χ2v) is 17.4. The molecule has 0 aliphatic carbocycles. The minimum atomic E-state index is -0.337. The van der Waals surface area contributed by atoms with Crippen molar-refractivity contribution in [3.63, 3.8) is 0 Å². The monoisotopic (exact) mass is 933 g/mol. The number of rotatable bonds is 11. The van der Waals surface area contributed by atoms with Gasteiger partial charge in [0.15, 0.2) is 5.78 Å². The van der Waals surface area contributed by atoms with Crippen molar-refractivity contribution in [2.45, 2.75) is 128 Å². The molecule has 0 aliphatic heterocycles. The fourth-order valence-corrected chi connectivity index (χ4v) is 7.24. The Balaban J connectivity index is 0.000000330. The molecule has 56 heavy (non-hydrogen) atoms. The number of ketones is 1. The molecule has 0 atom stereocenters. The maximum Gasteiger partial charge on any atom is 0.220 e. The van der Waals surface area contributed by atoms with Crippen molar-refractivity contribution >= 4 is 38.6 Å². The number of aromatic nitrogens is 1. The van der Waals surface area contributed by atoms with Gasteiger partial charge in [-0.3, -0.25) is 9.78 Å². The van der Waals surface area contributed by atoms with Crippen LogP contribution in [-0.4, -0.2) is 15.9 Å². The summed E-state index contributed by atoms with van der Waals surface area (Å²) >= 11 is 0. The van der Waals surface area contributed by atoms with Gasteiger partial charge in [0.25, 0.3) is 0 Å². The first-order chi connectivity index (χ1) is 25.9. The Bertz CT molecular complexity index is 2340. The number of aliphatic hydroxyl groups is 1. The van der Waals surface area contributed by atoms with E-state index in [4.69, 9.17) is 13.8 Å². The Hall–Kier alpha value is -3.99. The van der Waals surface area contributed by atoms with E-state index in [1.54, 1.807) is 0 Å². The number of hydrogen-bond acceptors (Lipinski definition) is 5. The van der Waals surface area contributed by atoms with Crippen LogP contribution < -0.4 is 0 Å². The largest absolute Gasteiger partial charge is 0.512 e. The van der Waals surface area contributed by atoms with Gasteiger partial charge in [-0.15, -0.1) is 29.1 Å². The second-order valence-electron chi connectivity index (χ2n) is 17.4. The Kier molecular flexibility index (Phi) is 14.1. The molecule has 0 bridgehead atoms. The van der Waals surface area contributed by atoms with Gasteiger partial charge in [0.2, 0.25) is 5.71 Å². The van der Waals surface area contributed by atoms with Gasteiger partial charge < -0.3 is 13.9 Å². The van der Waals surface area contributed by atoms with Crippen molar-refractivity contribution in [3.05, 3.63) is 101 Å². The van der Waals surface area contributed by atoms with Crippen molar-refractivity contribution in [2.75, 3.05) is 0 Å². The van der Waals surface area contributed by atoms with Gasteiger partial charge in [-0.2, -0.15) is 0 Å². The molecule has 5 nitrogen and oxygen atoms in total. The molecule has 0 aliphatic rings. The minimum Gasteiger partial charge on any atom is -0.512 e. The van der Waals surface area contributed by atoms with Gasteiger partial charge >= 0.3 is 0 Å². The second kappa shape index (κ2) is 17.7. The number of aliphatic hydroxyl groups excluding tert-OH is 1. The van der Waals surface area contributed by atoms with Crippen LogP contribution in [0.1, 0.15) is 124 Å². The molecule has 6 heteroatoms. The number of carbonyl (C=O) groups excluding carboxylic acids is 1. The standard InChI is InChI=1S/C35H34NO2.C15H28O2.Ir/c1-20(2)14-26-19-37-32-17-24(12-13-28(26)32)29-18-31(36-34-33(29)21(3)22(4)38-34)25-15-23-10-8-9-11-27(23)30(16-25)35(5,6)7;1-7-14(5,8-2)12(16)11-13(17)15(6,9-3)10-4;/h8-13,16-20H,14H2,1-7H3;11,16H,7-10H2,1-6H3;/q-1;;/b;12-11-;.